The predicted octanol–water partition coefficient (Wildman–Crippen LogP) is 5.81. The summed E-state index contributed by atoms with van der Waals surface area (Å²) >= 11 is 0. The second kappa shape index (κ2) is 11.9. The van der Waals surface area contributed by atoms with Crippen molar-refractivity contribution in [3.05, 3.63) is 60.7 Å². The van der Waals surface area contributed by atoms with Crippen molar-refractivity contribution in [3.8, 4) is 22.6 Å². The van der Waals surface area contributed by atoms with Crippen LogP contribution in [-0.2, 0) is 9.53 Å². The predicted molar refractivity (Wildman–Crippen MR) is 113 cm³/mol. The molecule has 0 fully saturated rings. The Morgan fingerprint density at radius 2 is 1.29 bits per heavy atom. The van der Waals surface area contributed by atoms with Crippen molar-refractivity contribution in [2.75, 3.05) is 20.3 Å². The lowest BCUT2D eigenvalue weighted by Gasteiger charge is -2.08. The summed E-state index contributed by atoms with van der Waals surface area (Å²) in [5.74, 6) is 1.45. The summed E-state index contributed by atoms with van der Waals surface area (Å²) in [6.45, 7) is 6.41. The normalized spacial score (nSPS) is 10.4. The molecule has 150 valence electrons. The Hall–Kier alpha value is -2.75. The molecule has 28 heavy (non-hydrogen) atoms. The van der Waals surface area contributed by atoms with Crippen molar-refractivity contribution in [1.29, 1.82) is 0 Å². The topological polar surface area (TPSA) is 44.8 Å². The number of hydrogen-bond acceptors (Lipinski definition) is 4. The van der Waals surface area contributed by atoms with Gasteiger partial charge in [-0.25, -0.2) is 4.79 Å². The van der Waals surface area contributed by atoms with E-state index in [1.807, 2.05) is 36.4 Å². The molecule has 0 N–H and O–H groups in total. The van der Waals surface area contributed by atoms with Crippen LogP contribution in [-0.4, -0.2) is 26.3 Å². The van der Waals surface area contributed by atoms with Crippen LogP contribution in [0.4, 0.5) is 0 Å². The van der Waals surface area contributed by atoms with E-state index in [9.17, 15) is 4.79 Å². The van der Waals surface area contributed by atoms with E-state index in [2.05, 4.69) is 18.7 Å². The first kappa shape index (κ1) is 21.5. The number of ether oxygens (including phenoxy) is 3. The van der Waals surface area contributed by atoms with Crippen LogP contribution in [0.15, 0.2) is 60.7 Å². The number of hydrogen-bond donors (Lipinski definition) is 0. The Kier molecular flexibility index (Phi) is 9.13. The first-order chi connectivity index (χ1) is 13.6. The lowest BCUT2D eigenvalue weighted by molar-refractivity contribution is -0.139. The van der Waals surface area contributed by atoms with Gasteiger partial charge in [0.25, 0.3) is 0 Å². The number of carbonyl (C=O) groups is 1. The third-order valence-corrected chi connectivity index (χ3v) is 4.42. The van der Waals surface area contributed by atoms with E-state index < -0.39 is 0 Å². The van der Waals surface area contributed by atoms with E-state index in [1.165, 1.54) is 0 Å². The molecular weight excluding hydrogens is 352 g/mol. The monoisotopic (exact) mass is 382 g/mol. The molecule has 0 aliphatic rings. The number of carbonyl (C=O) groups excluding carboxylic acids is 1. The van der Waals surface area contributed by atoms with E-state index in [-0.39, 0.29) is 5.97 Å². The van der Waals surface area contributed by atoms with Gasteiger partial charge in [-0.1, -0.05) is 50.1 Å². The fourth-order valence-corrected chi connectivity index (χ4v) is 2.74. The molecule has 2 aromatic rings. The minimum absolute atomic E-state index is 0.300. The van der Waals surface area contributed by atoms with Gasteiger partial charge in [0, 0.05) is 5.57 Å². The molecule has 0 spiro atoms. The Morgan fingerprint density at radius 3 is 1.82 bits per heavy atom. The Balaban J connectivity index is 1.58. The van der Waals surface area contributed by atoms with Crippen LogP contribution in [0.5, 0.6) is 11.5 Å². The van der Waals surface area contributed by atoms with Gasteiger partial charge < -0.3 is 14.2 Å². The van der Waals surface area contributed by atoms with Crippen molar-refractivity contribution >= 4 is 5.97 Å². The summed E-state index contributed by atoms with van der Waals surface area (Å²) in [5, 5.41) is 0. The quantitative estimate of drug-likeness (QED) is 0.264. The van der Waals surface area contributed by atoms with Gasteiger partial charge in [0.1, 0.15) is 11.5 Å². The molecule has 0 saturated heterocycles. The Bertz CT molecular complexity index is 732. The molecule has 2 rings (SSSR count). The summed E-state index contributed by atoms with van der Waals surface area (Å²) in [7, 11) is 1.67. The van der Waals surface area contributed by atoms with Gasteiger partial charge in [-0.15, -0.1) is 0 Å². The maximum Gasteiger partial charge on any atom is 0.333 e. The van der Waals surface area contributed by atoms with Gasteiger partial charge in [-0.2, -0.15) is 0 Å². The first-order valence-corrected chi connectivity index (χ1v) is 9.80. The molecule has 4 heteroatoms. The van der Waals surface area contributed by atoms with Crippen molar-refractivity contribution in [3.63, 3.8) is 0 Å². The van der Waals surface area contributed by atoms with Crippen molar-refractivity contribution < 1.29 is 19.0 Å². The van der Waals surface area contributed by atoms with E-state index in [1.54, 1.807) is 14.0 Å². The minimum Gasteiger partial charge on any atom is -0.497 e. The second-order valence-electron chi connectivity index (χ2n) is 6.79. The zero-order valence-corrected chi connectivity index (χ0v) is 16.9. The maximum absolute atomic E-state index is 11.2. The zero-order chi connectivity index (χ0) is 20.2. The van der Waals surface area contributed by atoms with Crippen LogP contribution in [0.1, 0.15) is 39.0 Å². The number of esters is 1. The van der Waals surface area contributed by atoms with Crippen LogP contribution >= 0.6 is 0 Å². The minimum atomic E-state index is -0.300. The van der Waals surface area contributed by atoms with Crippen LogP contribution in [0.25, 0.3) is 11.1 Å². The third-order valence-electron chi connectivity index (χ3n) is 4.42. The molecule has 0 heterocycles. The summed E-state index contributed by atoms with van der Waals surface area (Å²) in [4.78, 5) is 11.2. The van der Waals surface area contributed by atoms with E-state index in [0.717, 1.165) is 54.7 Å². The lowest BCUT2D eigenvalue weighted by atomic mass is 10.1. The summed E-state index contributed by atoms with van der Waals surface area (Å²) in [6.07, 6.45) is 5.20. The SMILES string of the molecule is C=C(C)C(=O)OCCCCCCCOc1ccc(-c2ccc(OC)cc2)cc1. The van der Waals surface area contributed by atoms with E-state index in [0.29, 0.717) is 18.8 Å². The van der Waals surface area contributed by atoms with Gasteiger partial charge in [0.05, 0.1) is 20.3 Å². The Morgan fingerprint density at radius 1 is 0.786 bits per heavy atom. The van der Waals surface area contributed by atoms with Gasteiger partial charge >= 0.3 is 5.97 Å². The fourth-order valence-electron chi connectivity index (χ4n) is 2.74. The van der Waals surface area contributed by atoms with Crippen LogP contribution in [0, 0.1) is 0 Å². The molecule has 0 aliphatic carbocycles. The van der Waals surface area contributed by atoms with Gasteiger partial charge in [-0.3, -0.25) is 0 Å². The highest BCUT2D eigenvalue weighted by atomic mass is 16.5. The van der Waals surface area contributed by atoms with Gasteiger partial charge in [0.2, 0.25) is 0 Å². The van der Waals surface area contributed by atoms with E-state index >= 15 is 0 Å². The molecular formula is C24H30O4. The van der Waals surface area contributed by atoms with Crippen LogP contribution in [0.2, 0.25) is 0 Å². The number of methoxy groups -OCH3 is 1. The molecule has 0 radical (unpaired) electrons. The highest BCUT2D eigenvalue weighted by Gasteiger charge is 2.02. The summed E-state index contributed by atoms with van der Waals surface area (Å²) in [5.41, 5.74) is 2.76. The number of benzene rings is 2. The number of rotatable bonds is 12. The van der Waals surface area contributed by atoms with Crippen LogP contribution < -0.4 is 9.47 Å². The first-order valence-electron chi connectivity index (χ1n) is 9.80. The van der Waals surface area contributed by atoms with Crippen molar-refractivity contribution in [2.45, 2.75) is 39.0 Å². The third kappa shape index (κ3) is 7.47. The molecule has 0 bridgehead atoms. The number of unbranched alkanes of at least 4 members (excludes halogenated alkanes) is 4. The molecule has 0 amide bonds. The maximum atomic E-state index is 11.2. The highest BCUT2D eigenvalue weighted by molar-refractivity contribution is 5.86. The molecule has 2 aromatic carbocycles. The van der Waals surface area contributed by atoms with Crippen molar-refractivity contribution in [1.82, 2.24) is 0 Å². The molecule has 0 atom stereocenters. The van der Waals surface area contributed by atoms with E-state index in [4.69, 9.17) is 14.2 Å². The van der Waals surface area contributed by atoms with Gasteiger partial charge in [0.15, 0.2) is 0 Å². The molecule has 0 aliphatic heterocycles. The molecule has 0 saturated carbocycles. The zero-order valence-electron chi connectivity index (χ0n) is 16.9. The standard InChI is InChI=1S/C24H30O4/c1-19(2)24(25)28-18-8-6-4-5-7-17-27-23-15-11-21(12-16-23)20-9-13-22(26-3)14-10-20/h9-16H,1,4-8,17-18H2,2-3H3. The molecule has 0 unspecified atom stereocenters. The summed E-state index contributed by atoms with van der Waals surface area (Å²) < 4.78 is 16.1. The average Bonchev–Trinajstić information content (AvgIpc) is 2.72. The smallest absolute Gasteiger partial charge is 0.333 e. The Labute approximate surface area is 168 Å². The van der Waals surface area contributed by atoms with Crippen LogP contribution in [0.3, 0.4) is 0 Å². The van der Waals surface area contributed by atoms with Crippen molar-refractivity contribution in [2.24, 2.45) is 0 Å². The summed E-state index contributed by atoms with van der Waals surface area (Å²) in [6, 6.07) is 16.2. The fraction of sp³-hybridized carbons (Fsp3) is 0.375. The molecule has 4 nitrogen and oxygen atoms in total. The molecule has 0 aromatic heterocycles. The lowest BCUT2D eigenvalue weighted by Crippen LogP contribution is -2.06. The average molecular weight is 383 g/mol. The largest absolute Gasteiger partial charge is 0.497 e. The van der Waals surface area contributed by atoms with Gasteiger partial charge in [-0.05, 0) is 55.2 Å². The second-order valence-corrected chi connectivity index (χ2v) is 6.79. The highest BCUT2D eigenvalue weighted by Crippen LogP contribution is 2.24.